The second-order valence-corrected chi connectivity index (χ2v) is 8.56. The summed E-state index contributed by atoms with van der Waals surface area (Å²) < 4.78 is 24.1. The molecule has 34 heavy (non-hydrogen) atoms. The predicted octanol–water partition coefficient (Wildman–Crippen LogP) is 5.60. The number of imide groups is 1. The number of rotatable bonds is 6. The van der Waals surface area contributed by atoms with E-state index in [1.807, 2.05) is 31.2 Å². The molecule has 1 heterocycles. The van der Waals surface area contributed by atoms with Crippen molar-refractivity contribution in [3.8, 4) is 11.5 Å². The Balaban J connectivity index is 1.52. The van der Waals surface area contributed by atoms with Gasteiger partial charge in [-0.2, -0.15) is 0 Å². The van der Waals surface area contributed by atoms with Crippen LogP contribution >= 0.6 is 11.8 Å². The molecule has 0 aliphatic carbocycles. The average molecular weight is 478 g/mol. The molecular formula is C26H20FNO5S. The van der Waals surface area contributed by atoms with Crippen LogP contribution in [0.2, 0.25) is 0 Å². The molecular weight excluding hydrogens is 457 g/mol. The smallest absolute Gasteiger partial charge is 0.343 e. The Kier molecular flexibility index (Phi) is 6.79. The van der Waals surface area contributed by atoms with Crippen molar-refractivity contribution in [2.45, 2.75) is 13.5 Å². The lowest BCUT2D eigenvalue weighted by Crippen LogP contribution is -2.27. The van der Waals surface area contributed by atoms with Crippen LogP contribution in [0.25, 0.3) is 6.08 Å². The van der Waals surface area contributed by atoms with Crippen LogP contribution in [0.3, 0.4) is 0 Å². The minimum atomic E-state index is -0.734. The van der Waals surface area contributed by atoms with Crippen LogP contribution in [-0.2, 0) is 11.3 Å². The van der Waals surface area contributed by atoms with Gasteiger partial charge in [-0.25, -0.2) is 9.18 Å². The number of methoxy groups -OCH3 is 1. The first-order valence-corrected chi connectivity index (χ1v) is 11.1. The molecule has 0 spiro atoms. The third-order valence-electron chi connectivity index (χ3n) is 5.05. The number of carbonyl (C=O) groups excluding carboxylic acids is 3. The molecule has 2 amide bonds. The molecule has 8 heteroatoms. The number of hydrogen-bond acceptors (Lipinski definition) is 6. The third-order valence-corrected chi connectivity index (χ3v) is 5.95. The van der Waals surface area contributed by atoms with E-state index in [-0.39, 0.29) is 39.7 Å². The first-order chi connectivity index (χ1) is 16.3. The molecule has 1 saturated heterocycles. The van der Waals surface area contributed by atoms with Crippen molar-refractivity contribution in [3.63, 3.8) is 0 Å². The number of carbonyl (C=O) groups is 3. The van der Waals surface area contributed by atoms with E-state index in [1.165, 1.54) is 36.3 Å². The summed E-state index contributed by atoms with van der Waals surface area (Å²) in [7, 11) is 1.41. The molecule has 0 saturated carbocycles. The van der Waals surface area contributed by atoms with Crippen LogP contribution in [0, 0.1) is 12.7 Å². The topological polar surface area (TPSA) is 72.9 Å². The number of esters is 1. The quantitative estimate of drug-likeness (QED) is 0.262. The van der Waals surface area contributed by atoms with Gasteiger partial charge in [-0.05, 0) is 66.2 Å². The molecule has 172 valence electrons. The van der Waals surface area contributed by atoms with E-state index in [4.69, 9.17) is 9.47 Å². The number of amides is 2. The molecule has 0 aromatic heterocycles. The van der Waals surface area contributed by atoms with Crippen molar-refractivity contribution in [2.75, 3.05) is 7.11 Å². The van der Waals surface area contributed by atoms with Gasteiger partial charge in [0.05, 0.1) is 24.1 Å². The molecule has 0 atom stereocenters. The fourth-order valence-corrected chi connectivity index (χ4v) is 4.25. The summed E-state index contributed by atoms with van der Waals surface area (Å²) in [5, 5.41) is -0.342. The summed E-state index contributed by atoms with van der Waals surface area (Å²) in [5.74, 6) is -1.27. The van der Waals surface area contributed by atoms with Gasteiger partial charge in [0.1, 0.15) is 5.82 Å². The number of benzene rings is 3. The van der Waals surface area contributed by atoms with E-state index in [1.54, 1.807) is 18.2 Å². The lowest BCUT2D eigenvalue weighted by Gasteiger charge is -2.13. The summed E-state index contributed by atoms with van der Waals surface area (Å²) in [6.07, 6.45) is 1.59. The number of thioether (sulfide) groups is 1. The molecule has 3 aromatic rings. The highest BCUT2D eigenvalue weighted by atomic mass is 32.2. The van der Waals surface area contributed by atoms with Gasteiger partial charge in [-0.1, -0.05) is 42.0 Å². The number of hydrogen-bond donors (Lipinski definition) is 0. The van der Waals surface area contributed by atoms with Crippen molar-refractivity contribution in [3.05, 3.63) is 99.7 Å². The van der Waals surface area contributed by atoms with Crippen molar-refractivity contribution in [2.24, 2.45) is 0 Å². The maximum Gasteiger partial charge on any atom is 0.343 e. The Hall–Kier alpha value is -3.91. The molecule has 4 rings (SSSR count). The number of ether oxygens (including phenoxy) is 2. The average Bonchev–Trinajstić information content (AvgIpc) is 3.07. The van der Waals surface area contributed by atoms with E-state index in [0.29, 0.717) is 5.56 Å². The molecule has 0 N–H and O–H groups in total. The van der Waals surface area contributed by atoms with Crippen molar-refractivity contribution in [1.82, 2.24) is 4.90 Å². The molecule has 0 radical (unpaired) electrons. The van der Waals surface area contributed by atoms with E-state index in [2.05, 4.69) is 0 Å². The van der Waals surface area contributed by atoms with Crippen LogP contribution < -0.4 is 9.47 Å². The van der Waals surface area contributed by atoms with Gasteiger partial charge in [0.15, 0.2) is 11.5 Å². The fourth-order valence-electron chi connectivity index (χ4n) is 3.41. The molecule has 0 bridgehead atoms. The fraction of sp³-hybridized carbons (Fsp3) is 0.115. The van der Waals surface area contributed by atoms with E-state index in [9.17, 15) is 18.8 Å². The molecule has 1 aliphatic rings. The molecule has 1 fully saturated rings. The first kappa shape index (κ1) is 23.3. The minimum Gasteiger partial charge on any atom is -0.493 e. The Morgan fingerprint density at radius 2 is 1.82 bits per heavy atom. The Bertz CT molecular complexity index is 1320. The van der Waals surface area contributed by atoms with Gasteiger partial charge in [0.25, 0.3) is 11.1 Å². The summed E-state index contributed by atoms with van der Waals surface area (Å²) in [6, 6.07) is 17.5. The second kappa shape index (κ2) is 9.93. The maximum atomic E-state index is 13.4. The van der Waals surface area contributed by atoms with Gasteiger partial charge in [-0.15, -0.1) is 0 Å². The van der Waals surface area contributed by atoms with Crippen molar-refractivity contribution >= 4 is 35.0 Å². The normalized spacial score (nSPS) is 14.6. The van der Waals surface area contributed by atoms with E-state index >= 15 is 0 Å². The molecule has 6 nitrogen and oxygen atoms in total. The molecule has 3 aromatic carbocycles. The van der Waals surface area contributed by atoms with Crippen LogP contribution in [0.15, 0.2) is 71.6 Å². The highest BCUT2D eigenvalue weighted by Crippen LogP contribution is 2.35. The Labute approximate surface area is 200 Å². The van der Waals surface area contributed by atoms with E-state index < -0.39 is 11.8 Å². The van der Waals surface area contributed by atoms with Crippen molar-refractivity contribution in [1.29, 1.82) is 0 Å². The highest BCUT2D eigenvalue weighted by Gasteiger charge is 2.35. The lowest BCUT2D eigenvalue weighted by molar-refractivity contribution is -0.123. The van der Waals surface area contributed by atoms with Gasteiger partial charge in [0, 0.05) is 0 Å². The Morgan fingerprint density at radius 1 is 1.03 bits per heavy atom. The zero-order valence-corrected chi connectivity index (χ0v) is 19.2. The number of nitrogens with zero attached hydrogens (tertiary/aromatic N) is 1. The molecule has 0 unspecified atom stereocenters. The van der Waals surface area contributed by atoms with Gasteiger partial charge in [-0.3, -0.25) is 14.5 Å². The van der Waals surface area contributed by atoms with Crippen molar-refractivity contribution < 1.29 is 28.2 Å². The number of aryl methyl sites for hydroxylation is 1. The van der Waals surface area contributed by atoms with Crippen LogP contribution in [-0.4, -0.2) is 29.1 Å². The van der Waals surface area contributed by atoms with Crippen LogP contribution in [0.4, 0.5) is 9.18 Å². The largest absolute Gasteiger partial charge is 0.493 e. The zero-order chi connectivity index (χ0) is 24.2. The van der Waals surface area contributed by atoms with Crippen LogP contribution in [0.1, 0.15) is 27.0 Å². The standard InChI is InChI=1S/C26H20FNO5S/c1-16-5-3-6-18(11-16)15-28-24(29)23(34-26(28)31)13-17-9-10-21(22(12-17)32-2)33-25(30)19-7-4-8-20(27)14-19/h3-14H,15H2,1-2H3/b23-13-. The summed E-state index contributed by atoms with van der Waals surface area (Å²) in [6.45, 7) is 2.14. The maximum absolute atomic E-state index is 13.4. The summed E-state index contributed by atoms with van der Waals surface area (Å²) in [5.41, 5.74) is 2.57. The SMILES string of the molecule is COc1cc(/C=C2\SC(=O)N(Cc3cccc(C)c3)C2=O)ccc1OC(=O)c1cccc(F)c1. The number of halogens is 1. The second-order valence-electron chi connectivity index (χ2n) is 7.57. The van der Waals surface area contributed by atoms with E-state index in [0.717, 1.165) is 29.0 Å². The van der Waals surface area contributed by atoms with Gasteiger partial charge >= 0.3 is 5.97 Å². The Morgan fingerprint density at radius 3 is 2.56 bits per heavy atom. The highest BCUT2D eigenvalue weighted by molar-refractivity contribution is 8.18. The first-order valence-electron chi connectivity index (χ1n) is 10.3. The minimum absolute atomic E-state index is 0.0633. The lowest BCUT2D eigenvalue weighted by atomic mass is 10.1. The zero-order valence-electron chi connectivity index (χ0n) is 18.4. The predicted molar refractivity (Wildman–Crippen MR) is 127 cm³/mol. The van der Waals surface area contributed by atoms with Gasteiger partial charge < -0.3 is 9.47 Å². The monoisotopic (exact) mass is 477 g/mol. The van der Waals surface area contributed by atoms with Gasteiger partial charge in [0.2, 0.25) is 0 Å². The summed E-state index contributed by atoms with van der Waals surface area (Å²) >= 11 is 0.864. The third kappa shape index (κ3) is 5.18. The summed E-state index contributed by atoms with van der Waals surface area (Å²) in [4.78, 5) is 39.1. The molecule has 1 aliphatic heterocycles. The van der Waals surface area contributed by atoms with Crippen LogP contribution in [0.5, 0.6) is 11.5 Å².